The van der Waals surface area contributed by atoms with Crippen LogP contribution >= 0.6 is 0 Å². The predicted octanol–water partition coefficient (Wildman–Crippen LogP) is 5.15. The van der Waals surface area contributed by atoms with Gasteiger partial charge in [-0.15, -0.1) is 0 Å². The minimum Gasteiger partial charge on any atom is -0.328 e. The van der Waals surface area contributed by atoms with Crippen molar-refractivity contribution in [3.05, 3.63) is 35.4 Å². The molecule has 4 nitrogen and oxygen atoms in total. The molecular formula is C25H36N2O2. The van der Waals surface area contributed by atoms with Gasteiger partial charge in [0, 0.05) is 12.1 Å². The number of amides is 2. The summed E-state index contributed by atoms with van der Waals surface area (Å²) in [6, 6.07) is 8.16. The van der Waals surface area contributed by atoms with Crippen molar-refractivity contribution in [1.82, 2.24) is 9.80 Å². The van der Waals surface area contributed by atoms with Gasteiger partial charge in [-0.3, -0.25) is 9.59 Å². The maximum absolute atomic E-state index is 13.9. The number of benzene rings is 1. The summed E-state index contributed by atoms with van der Waals surface area (Å²) < 4.78 is 0. The SMILES string of the molecule is Cc1ccccc1C1C(=O)N(C2CCCCC2)CC(=O)N1C1CCCCCCC1. The van der Waals surface area contributed by atoms with Crippen LogP contribution in [-0.2, 0) is 9.59 Å². The maximum Gasteiger partial charge on any atom is 0.250 e. The van der Waals surface area contributed by atoms with Crippen molar-refractivity contribution in [2.75, 3.05) is 6.54 Å². The van der Waals surface area contributed by atoms with Crippen molar-refractivity contribution in [3.8, 4) is 0 Å². The predicted molar refractivity (Wildman–Crippen MR) is 115 cm³/mol. The highest BCUT2D eigenvalue weighted by Gasteiger charge is 2.45. The van der Waals surface area contributed by atoms with E-state index in [1.165, 1.54) is 38.5 Å². The number of nitrogens with zero attached hydrogens (tertiary/aromatic N) is 2. The first-order chi connectivity index (χ1) is 14.2. The molecule has 3 aliphatic rings. The van der Waals surface area contributed by atoms with E-state index in [1.54, 1.807) is 0 Å². The number of piperazine rings is 1. The monoisotopic (exact) mass is 396 g/mol. The van der Waals surface area contributed by atoms with Gasteiger partial charge in [0.05, 0.1) is 0 Å². The average molecular weight is 397 g/mol. The fraction of sp³-hybridized carbons (Fsp3) is 0.680. The molecule has 0 radical (unpaired) electrons. The van der Waals surface area contributed by atoms with Crippen LogP contribution in [0.5, 0.6) is 0 Å². The van der Waals surface area contributed by atoms with Crippen LogP contribution < -0.4 is 0 Å². The van der Waals surface area contributed by atoms with Gasteiger partial charge in [-0.05, 0) is 43.7 Å². The Morgan fingerprint density at radius 2 is 1.31 bits per heavy atom. The highest BCUT2D eigenvalue weighted by atomic mass is 16.2. The summed E-state index contributed by atoms with van der Waals surface area (Å²) in [4.78, 5) is 31.3. The molecule has 3 fully saturated rings. The lowest BCUT2D eigenvalue weighted by molar-refractivity contribution is -0.162. The van der Waals surface area contributed by atoms with Gasteiger partial charge in [-0.2, -0.15) is 0 Å². The van der Waals surface area contributed by atoms with Crippen LogP contribution in [0.1, 0.15) is 94.2 Å². The second-order valence-electron chi connectivity index (χ2n) is 9.32. The van der Waals surface area contributed by atoms with Crippen LogP contribution in [0.3, 0.4) is 0 Å². The van der Waals surface area contributed by atoms with E-state index in [0.717, 1.165) is 49.7 Å². The van der Waals surface area contributed by atoms with E-state index < -0.39 is 6.04 Å². The van der Waals surface area contributed by atoms with Crippen molar-refractivity contribution in [3.63, 3.8) is 0 Å². The Labute approximate surface area is 175 Å². The number of rotatable bonds is 3. The van der Waals surface area contributed by atoms with Gasteiger partial charge in [0.2, 0.25) is 5.91 Å². The Morgan fingerprint density at radius 1 is 0.759 bits per heavy atom. The first kappa shape index (κ1) is 20.4. The highest BCUT2D eigenvalue weighted by molar-refractivity contribution is 5.96. The third-order valence-corrected chi connectivity index (χ3v) is 7.36. The Bertz CT molecular complexity index is 717. The van der Waals surface area contributed by atoms with Crippen molar-refractivity contribution in [2.45, 2.75) is 102 Å². The van der Waals surface area contributed by atoms with Gasteiger partial charge in [-0.1, -0.05) is 75.6 Å². The Balaban J connectivity index is 1.68. The van der Waals surface area contributed by atoms with E-state index >= 15 is 0 Å². The van der Waals surface area contributed by atoms with E-state index in [1.807, 2.05) is 21.9 Å². The summed E-state index contributed by atoms with van der Waals surface area (Å²) in [5.41, 5.74) is 2.13. The number of hydrogen-bond donors (Lipinski definition) is 0. The zero-order valence-electron chi connectivity index (χ0n) is 17.9. The van der Waals surface area contributed by atoms with Gasteiger partial charge < -0.3 is 9.80 Å². The van der Waals surface area contributed by atoms with Crippen LogP contribution in [-0.4, -0.2) is 40.2 Å². The Kier molecular flexibility index (Phi) is 6.56. The molecule has 0 spiro atoms. The van der Waals surface area contributed by atoms with Crippen LogP contribution in [0.2, 0.25) is 0 Å². The van der Waals surface area contributed by atoms with E-state index in [9.17, 15) is 9.59 Å². The molecule has 0 N–H and O–H groups in total. The fourth-order valence-electron chi connectivity index (χ4n) is 5.73. The quantitative estimate of drug-likeness (QED) is 0.709. The summed E-state index contributed by atoms with van der Waals surface area (Å²) in [7, 11) is 0. The summed E-state index contributed by atoms with van der Waals surface area (Å²) in [5, 5.41) is 0. The summed E-state index contributed by atoms with van der Waals surface area (Å²) in [5.74, 6) is 0.321. The van der Waals surface area contributed by atoms with Crippen LogP contribution in [0.15, 0.2) is 24.3 Å². The van der Waals surface area contributed by atoms with Gasteiger partial charge in [0.15, 0.2) is 0 Å². The molecule has 1 aliphatic heterocycles. The lowest BCUT2D eigenvalue weighted by atomic mass is 9.88. The normalized spacial score (nSPS) is 25.8. The molecular weight excluding hydrogens is 360 g/mol. The van der Waals surface area contributed by atoms with Gasteiger partial charge >= 0.3 is 0 Å². The molecule has 2 amide bonds. The number of carbonyl (C=O) groups excluding carboxylic acids is 2. The first-order valence-electron chi connectivity index (χ1n) is 11.8. The van der Waals surface area contributed by atoms with Gasteiger partial charge in [-0.25, -0.2) is 0 Å². The molecule has 1 unspecified atom stereocenters. The number of carbonyl (C=O) groups is 2. The lowest BCUT2D eigenvalue weighted by Gasteiger charge is -2.48. The highest BCUT2D eigenvalue weighted by Crippen LogP contribution is 2.37. The van der Waals surface area contributed by atoms with Crippen molar-refractivity contribution in [1.29, 1.82) is 0 Å². The van der Waals surface area contributed by atoms with Gasteiger partial charge in [0.25, 0.3) is 5.91 Å². The second kappa shape index (κ2) is 9.32. The lowest BCUT2D eigenvalue weighted by Crippen LogP contribution is -2.61. The third kappa shape index (κ3) is 4.36. The molecule has 4 heteroatoms. The molecule has 1 aromatic carbocycles. The minimum absolute atomic E-state index is 0.160. The molecule has 158 valence electrons. The van der Waals surface area contributed by atoms with E-state index in [4.69, 9.17) is 0 Å². The molecule has 2 saturated carbocycles. The molecule has 29 heavy (non-hydrogen) atoms. The molecule has 1 aromatic rings. The first-order valence-corrected chi connectivity index (χ1v) is 11.8. The maximum atomic E-state index is 13.9. The third-order valence-electron chi connectivity index (χ3n) is 7.36. The topological polar surface area (TPSA) is 40.6 Å². The largest absolute Gasteiger partial charge is 0.328 e. The second-order valence-corrected chi connectivity index (χ2v) is 9.32. The Morgan fingerprint density at radius 3 is 1.97 bits per heavy atom. The zero-order chi connectivity index (χ0) is 20.2. The summed E-state index contributed by atoms with van der Waals surface area (Å²) in [6.07, 6.45) is 13.9. The van der Waals surface area contributed by atoms with Crippen LogP contribution in [0, 0.1) is 6.92 Å². The Hall–Kier alpha value is -1.84. The molecule has 1 atom stereocenters. The van der Waals surface area contributed by atoms with Crippen LogP contribution in [0.4, 0.5) is 0 Å². The molecule has 1 saturated heterocycles. The molecule has 2 aliphatic carbocycles. The standard InChI is InChI=1S/C25H36N2O2/c1-19-12-10-11-17-22(19)24-25(29)26(20-13-8-5-9-14-20)18-23(28)27(24)21-15-6-3-2-4-7-16-21/h10-12,17,20-21,24H,2-9,13-16,18H2,1H3. The number of hydrogen-bond acceptors (Lipinski definition) is 2. The fourth-order valence-corrected chi connectivity index (χ4v) is 5.73. The van der Waals surface area contributed by atoms with Crippen molar-refractivity contribution in [2.24, 2.45) is 0 Å². The summed E-state index contributed by atoms with van der Waals surface area (Å²) >= 11 is 0. The summed E-state index contributed by atoms with van der Waals surface area (Å²) in [6.45, 7) is 2.35. The molecule has 1 heterocycles. The molecule has 0 bridgehead atoms. The van der Waals surface area contributed by atoms with Crippen LogP contribution in [0.25, 0.3) is 0 Å². The van der Waals surface area contributed by atoms with E-state index in [0.29, 0.717) is 0 Å². The molecule has 4 rings (SSSR count). The molecule has 0 aromatic heterocycles. The minimum atomic E-state index is -0.441. The average Bonchev–Trinajstić information content (AvgIpc) is 2.71. The van der Waals surface area contributed by atoms with E-state index in [2.05, 4.69) is 19.1 Å². The van der Waals surface area contributed by atoms with Crippen molar-refractivity contribution >= 4 is 11.8 Å². The smallest absolute Gasteiger partial charge is 0.250 e. The zero-order valence-corrected chi connectivity index (χ0v) is 17.9. The van der Waals surface area contributed by atoms with E-state index in [-0.39, 0.29) is 30.4 Å². The van der Waals surface area contributed by atoms with Crippen molar-refractivity contribution < 1.29 is 9.59 Å². The number of aryl methyl sites for hydroxylation is 1. The van der Waals surface area contributed by atoms with Gasteiger partial charge in [0.1, 0.15) is 12.6 Å².